The van der Waals surface area contributed by atoms with Gasteiger partial charge in [-0.05, 0) is 65.7 Å². The van der Waals surface area contributed by atoms with Gasteiger partial charge in [0, 0.05) is 38.0 Å². The van der Waals surface area contributed by atoms with Gasteiger partial charge in [0.25, 0.3) is 5.91 Å². The van der Waals surface area contributed by atoms with Crippen LogP contribution < -0.4 is 15.0 Å². The molecule has 35 heavy (non-hydrogen) atoms. The Kier molecular flexibility index (Phi) is 7.21. The lowest BCUT2D eigenvalue weighted by Gasteiger charge is -2.13. The van der Waals surface area contributed by atoms with Crippen molar-refractivity contribution >= 4 is 23.6 Å². The fraction of sp³-hybridized carbons (Fsp3) is 0.148. The van der Waals surface area contributed by atoms with Crippen LogP contribution in [0.25, 0.3) is 17.5 Å². The maximum Gasteiger partial charge on any atom is 0.274 e. The van der Waals surface area contributed by atoms with Gasteiger partial charge in [-0.25, -0.2) is 4.39 Å². The molecule has 0 aliphatic heterocycles. The lowest BCUT2D eigenvalue weighted by atomic mass is 10.2. The van der Waals surface area contributed by atoms with Crippen LogP contribution >= 0.6 is 0 Å². The zero-order valence-electron chi connectivity index (χ0n) is 19.8. The van der Waals surface area contributed by atoms with Crippen molar-refractivity contribution in [2.24, 2.45) is 0 Å². The number of carbonyl (C=O) groups excluding carboxylic acids is 1. The third kappa shape index (κ3) is 5.92. The third-order valence-electron chi connectivity index (χ3n) is 5.36. The van der Waals surface area contributed by atoms with Gasteiger partial charge in [0.1, 0.15) is 11.6 Å². The summed E-state index contributed by atoms with van der Waals surface area (Å²) in [6.45, 7) is 0.462. The summed E-state index contributed by atoms with van der Waals surface area (Å²) in [7, 11) is 5.57. The minimum Gasteiger partial charge on any atom is -0.497 e. The first-order chi connectivity index (χ1) is 16.9. The van der Waals surface area contributed by atoms with Crippen LogP contribution in [0.2, 0.25) is 0 Å². The molecule has 8 heteroatoms. The van der Waals surface area contributed by atoms with Crippen LogP contribution in [0.3, 0.4) is 0 Å². The monoisotopic (exact) mass is 471 g/mol. The number of hydrogen-bond acceptors (Lipinski definition) is 6. The minimum absolute atomic E-state index is 0.321. The van der Waals surface area contributed by atoms with E-state index in [0.717, 1.165) is 16.8 Å². The summed E-state index contributed by atoms with van der Waals surface area (Å²) < 4.78 is 19.6. The van der Waals surface area contributed by atoms with Crippen molar-refractivity contribution in [2.75, 3.05) is 31.4 Å². The first-order valence-corrected chi connectivity index (χ1v) is 11.0. The van der Waals surface area contributed by atoms with Gasteiger partial charge >= 0.3 is 0 Å². The molecule has 1 heterocycles. The second kappa shape index (κ2) is 10.6. The number of aromatic nitrogens is 3. The highest BCUT2D eigenvalue weighted by atomic mass is 19.1. The van der Waals surface area contributed by atoms with E-state index in [0.29, 0.717) is 29.6 Å². The van der Waals surface area contributed by atoms with Crippen LogP contribution in [-0.2, 0) is 6.54 Å². The molecular weight excluding hydrogens is 445 g/mol. The molecule has 0 unspecified atom stereocenters. The van der Waals surface area contributed by atoms with Crippen molar-refractivity contribution in [1.82, 2.24) is 14.8 Å². The maximum atomic E-state index is 13.2. The van der Waals surface area contributed by atoms with Gasteiger partial charge in [-0.3, -0.25) is 4.79 Å². The number of methoxy groups -OCH3 is 1. The van der Waals surface area contributed by atoms with Crippen molar-refractivity contribution < 1.29 is 13.9 Å². The van der Waals surface area contributed by atoms with E-state index in [4.69, 9.17) is 4.74 Å². The first-order valence-electron chi connectivity index (χ1n) is 11.0. The standard InChI is InChI=1S/C27H26FN5O2/c1-32(2)23-13-6-20(7-14-23)18-29-27-30-26(21-9-15-24(35-3)16-10-21)31-33(27)25(34)17-8-19-4-11-22(28)12-5-19/h4-17H,18H2,1-3H3,(H,29,30,31). The predicted molar refractivity (Wildman–Crippen MR) is 136 cm³/mol. The number of nitrogens with one attached hydrogen (secondary N) is 1. The van der Waals surface area contributed by atoms with Crippen LogP contribution in [0.1, 0.15) is 15.9 Å². The molecule has 0 bridgehead atoms. The van der Waals surface area contributed by atoms with E-state index in [2.05, 4.69) is 15.4 Å². The molecule has 0 aliphatic rings. The molecule has 7 nitrogen and oxygen atoms in total. The Bertz CT molecular complexity index is 1310. The van der Waals surface area contributed by atoms with Crippen LogP contribution in [0.4, 0.5) is 16.0 Å². The van der Waals surface area contributed by atoms with Crippen molar-refractivity contribution in [3.8, 4) is 17.1 Å². The molecule has 0 saturated carbocycles. The van der Waals surface area contributed by atoms with Crippen LogP contribution in [0.15, 0.2) is 78.9 Å². The summed E-state index contributed by atoms with van der Waals surface area (Å²) in [5.74, 6) is 0.722. The fourth-order valence-electron chi connectivity index (χ4n) is 3.35. The molecule has 3 aromatic carbocycles. The molecule has 1 aromatic heterocycles. The molecule has 4 rings (SSSR count). The van der Waals surface area contributed by atoms with Gasteiger partial charge in [0.15, 0.2) is 5.82 Å². The van der Waals surface area contributed by atoms with Gasteiger partial charge in [-0.2, -0.15) is 9.67 Å². The van der Waals surface area contributed by atoms with Crippen LogP contribution in [0, 0.1) is 5.82 Å². The van der Waals surface area contributed by atoms with Crippen LogP contribution in [0.5, 0.6) is 5.75 Å². The lowest BCUT2D eigenvalue weighted by molar-refractivity contribution is 0.0957. The molecule has 4 aromatic rings. The smallest absolute Gasteiger partial charge is 0.274 e. The van der Waals surface area contributed by atoms with E-state index >= 15 is 0 Å². The second-order valence-corrected chi connectivity index (χ2v) is 8.04. The molecule has 0 radical (unpaired) electrons. The molecule has 1 N–H and O–H groups in total. The highest BCUT2D eigenvalue weighted by Crippen LogP contribution is 2.22. The van der Waals surface area contributed by atoms with Crippen LogP contribution in [-0.4, -0.2) is 41.9 Å². The largest absolute Gasteiger partial charge is 0.497 e. The quantitative estimate of drug-likeness (QED) is 0.360. The Hall–Kier alpha value is -4.46. The van der Waals surface area contributed by atoms with Gasteiger partial charge in [-0.15, -0.1) is 5.10 Å². The number of halogens is 1. The predicted octanol–water partition coefficient (Wildman–Crippen LogP) is 5.12. The fourth-order valence-corrected chi connectivity index (χ4v) is 3.35. The third-order valence-corrected chi connectivity index (χ3v) is 5.36. The number of nitrogens with zero attached hydrogens (tertiary/aromatic N) is 4. The van der Waals surface area contributed by atoms with E-state index in [9.17, 15) is 9.18 Å². The second-order valence-electron chi connectivity index (χ2n) is 8.04. The Morgan fingerprint density at radius 3 is 2.34 bits per heavy atom. The number of benzene rings is 3. The molecule has 0 aliphatic carbocycles. The Morgan fingerprint density at radius 2 is 1.71 bits per heavy atom. The summed E-state index contributed by atoms with van der Waals surface area (Å²) in [5.41, 5.74) is 3.58. The van der Waals surface area contributed by atoms with Gasteiger partial charge in [-0.1, -0.05) is 24.3 Å². The maximum absolute atomic E-state index is 13.2. The summed E-state index contributed by atoms with van der Waals surface area (Å²) in [5, 5.41) is 7.67. The molecule has 0 fully saturated rings. The highest BCUT2D eigenvalue weighted by molar-refractivity contribution is 5.94. The Balaban J connectivity index is 1.59. The normalized spacial score (nSPS) is 11.0. The molecule has 0 spiro atoms. The van der Waals surface area contributed by atoms with E-state index in [-0.39, 0.29) is 11.7 Å². The number of hydrogen-bond donors (Lipinski definition) is 1. The topological polar surface area (TPSA) is 72.3 Å². The average molecular weight is 472 g/mol. The first kappa shape index (κ1) is 23.7. The molecule has 178 valence electrons. The Morgan fingerprint density at radius 1 is 1.03 bits per heavy atom. The van der Waals surface area contributed by atoms with E-state index in [1.165, 1.54) is 22.9 Å². The summed E-state index contributed by atoms with van der Waals surface area (Å²) >= 11 is 0. The van der Waals surface area contributed by atoms with Crippen molar-refractivity contribution in [3.05, 3.63) is 95.8 Å². The number of rotatable bonds is 8. The number of allylic oxidation sites excluding steroid dienone is 1. The molecule has 0 amide bonds. The zero-order chi connectivity index (χ0) is 24.8. The van der Waals surface area contributed by atoms with E-state index in [1.807, 2.05) is 67.5 Å². The SMILES string of the molecule is COc1ccc(-c2nc(NCc3ccc(N(C)C)cc3)n(C(=O)C=Cc3ccc(F)cc3)n2)cc1. The molecule has 0 atom stereocenters. The Labute approximate surface area is 203 Å². The highest BCUT2D eigenvalue weighted by Gasteiger charge is 2.16. The molecular formula is C27H26FN5O2. The summed E-state index contributed by atoms with van der Waals surface area (Å²) in [4.78, 5) is 19.6. The van der Waals surface area contributed by atoms with Gasteiger partial charge in [0.05, 0.1) is 7.11 Å². The summed E-state index contributed by atoms with van der Waals surface area (Å²) in [6.07, 6.45) is 3.00. The van der Waals surface area contributed by atoms with Crippen molar-refractivity contribution in [1.29, 1.82) is 0 Å². The zero-order valence-corrected chi connectivity index (χ0v) is 19.8. The van der Waals surface area contributed by atoms with E-state index in [1.54, 1.807) is 25.3 Å². The minimum atomic E-state index is -0.382. The lowest BCUT2D eigenvalue weighted by Crippen LogP contribution is -2.14. The number of anilines is 2. The van der Waals surface area contributed by atoms with Gasteiger partial charge in [0.2, 0.25) is 5.95 Å². The number of ether oxygens (including phenoxy) is 1. The molecule has 0 saturated heterocycles. The van der Waals surface area contributed by atoms with Gasteiger partial charge < -0.3 is 15.0 Å². The summed E-state index contributed by atoms with van der Waals surface area (Å²) in [6, 6.07) is 21.3. The van der Waals surface area contributed by atoms with Crippen molar-refractivity contribution in [2.45, 2.75) is 6.54 Å². The van der Waals surface area contributed by atoms with E-state index < -0.39 is 0 Å². The average Bonchev–Trinajstić information content (AvgIpc) is 3.31. The van der Waals surface area contributed by atoms with Crippen molar-refractivity contribution in [3.63, 3.8) is 0 Å². The number of carbonyl (C=O) groups is 1.